The number of carboxylic acids is 1. The average Bonchev–Trinajstić information content (AvgIpc) is 2.75. The van der Waals surface area contributed by atoms with E-state index in [9.17, 15) is 9.90 Å². The molecule has 2 aromatic rings. The number of ether oxygens (including phenoxy) is 4. The Morgan fingerprint density at radius 3 is 2.30 bits per heavy atom. The Hall–Kier alpha value is -3.15. The van der Waals surface area contributed by atoms with Crippen LogP contribution in [0.5, 0.6) is 17.2 Å². The largest absolute Gasteiger partial charge is 0.494 e. The molecule has 0 saturated heterocycles. The summed E-state index contributed by atoms with van der Waals surface area (Å²) in [7, 11) is 1.56. The fourth-order valence-electron chi connectivity index (χ4n) is 3.01. The number of aliphatic carboxylic acids is 1. The van der Waals surface area contributed by atoms with Gasteiger partial charge in [0.15, 0.2) is 11.5 Å². The maximum Gasteiger partial charge on any atom is 0.371 e. The molecule has 162 valence electrons. The summed E-state index contributed by atoms with van der Waals surface area (Å²) in [6.07, 6.45) is 2.39. The third-order valence-corrected chi connectivity index (χ3v) is 4.59. The molecule has 0 heterocycles. The first-order valence-corrected chi connectivity index (χ1v) is 10.1. The third-order valence-electron chi connectivity index (χ3n) is 4.59. The van der Waals surface area contributed by atoms with E-state index in [1.807, 2.05) is 19.1 Å². The van der Waals surface area contributed by atoms with Gasteiger partial charge in [-0.15, -0.1) is 0 Å². The van der Waals surface area contributed by atoms with E-state index in [0.29, 0.717) is 30.3 Å². The average molecular weight is 414 g/mol. The van der Waals surface area contributed by atoms with Crippen LogP contribution in [0.1, 0.15) is 44.2 Å². The van der Waals surface area contributed by atoms with Gasteiger partial charge in [-0.05, 0) is 61.7 Å². The number of hydrogen-bond donors (Lipinski definition) is 1. The van der Waals surface area contributed by atoms with Crippen LogP contribution >= 0.6 is 0 Å². The number of carbonyl (C=O) groups is 1. The van der Waals surface area contributed by atoms with Gasteiger partial charge in [0, 0.05) is 5.92 Å². The molecule has 0 spiro atoms. The van der Waals surface area contributed by atoms with E-state index in [-0.39, 0.29) is 18.3 Å². The third kappa shape index (κ3) is 6.44. The number of carboxylic acid groups (broad SMARTS) is 1. The summed E-state index contributed by atoms with van der Waals surface area (Å²) in [4.78, 5) is 11.3. The zero-order valence-electron chi connectivity index (χ0n) is 18.0. The molecule has 1 unspecified atom stereocenters. The molecule has 0 aromatic heterocycles. The number of hydrogen-bond acceptors (Lipinski definition) is 5. The Labute approximate surface area is 178 Å². The lowest BCUT2D eigenvalue weighted by atomic mass is 9.97. The SMILES string of the molecule is CCO/C(=C\c1ccc(OCC(CC)c2ccc(OCC)cc2)c(OC)c1)C(=O)O. The van der Waals surface area contributed by atoms with Crippen molar-refractivity contribution in [3.8, 4) is 17.2 Å². The highest BCUT2D eigenvalue weighted by atomic mass is 16.5. The van der Waals surface area contributed by atoms with Gasteiger partial charge in [-0.1, -0.05) is 25.1 Å². The van der Waals surface area contributed by atoms with Crippen LogP contribution in [-0.2, 0) is 9.53 Å². The molecule has 0 aliphatic rings. The Balaban J connectivity index is 2.13. The maximum absolute atomic E-state index is 11.3. The van der Waals surface area contributed by atoms with Crippen molar-refractivity contribution in [1.29, 1.82) is 0 Å². The molecule has 1 atom stereocenters. The molecule has 30 heavy (non-hydrogen) atoms. The first-order valence-electron chi connectivity index (χ1n) is 10.1. The second kappa shape index (κ2) is 11.8. The van der Waals surface area contributed by atoms with Gasteiger partial charge in [0.05, 0.1) is 26.9 Å². The molecule has 0 amide bonds. The van der Waals surface area contributed by atoms with Crippen LogP contribution in [0.4, 0.5) is 0 Å². The zero-order valence-corrected chi connectivity index (χ0v) is 18.0. The van der Waals surface area contributed by atoms with Crippen molar-refractivity contribution < 1.29 is 28.8 Å². The highest BCUT2D eigenvalue weighted by Crippen LogP contribution is 2.31. The van der Waals surface area contributed by atoms with Crippen LogP contribution < -0.4 is 14.2 Å². The predicted octanol–water partition coefficient (Wildman–Crippen LogP) is 5.13. The van der Waals surface area contributed by atoms with Crippen molar-refractivity contribution >= 4 is 12.0 Å². The van der Waals surface area contributed by atoms with Crippen molar-refractivity contribution in [2.45, 2.75) is 33.1 Å². The highest BCUT2D eigenvalue weighted by Gasteiger charge is 2.14. The smallest absolute Gasteiger partial charge is 0.371 e. The second-order valence-corrected chi connectivity index (χ2v) is 6.58. The zero-order chi connectivity index (χ0) is 21.9. The summed E-state index contributed by atoms with van der Waals surface area (Å²) in [5.74, 6) is 0.988. The van der Waals surface area contributed by atoms with Gasteiger partial charge < -0.3 is 24.1 Å². The number of rotatable bonds is 12. The van der Waals surface area contributed by atoms with E-state index in [4.69, 9.17) is 18.9 Å². The van der Waals surface area contributed by atoms with Crippen LogP contribution in [0.25, 0.3) is 6.08 Å². The first kappa shape index (κ1) is 23.1. The lowest BCUT2D eigenvalue weighted by Crippen LogP contribution is -2.10. The van der Waals surface area contributed by atoms with Crippen LogP contribution in [0.15, 0.2) is 48.2 Å². The fraction of sp³-hybridized carbons (Fsp3) is 0.375. The van der Waals surface area contributed by atoms with Crippen molar-refractivity contribution in [3.05, 3.63) is 59.4 Å². The van der Waals surface area contributed by atoms with Crippen LogP contribution in [0.3, 0.4) is 0 Å². The molecule has 0 radical (unpaired) electrons. The number of benzene rings is 2. The molecule has 0 saturated carbocycles. The topological polar surface area (TPSA) is 74.2 Å². The quantitative estimate of drug-likeness (QED) is 0.383. The lowest BCUT2D eigenvalue weighted by Gasteiger charge is -2.18. The van der Waals surface area contributed by atoms with Gasteiger partial charge in [0.1, 0.15) is 5.75 Å². The van der Waals surface area contributed by atoms with E-state index in [2.05, 4.69) is 19.1 Å². The van der Waals surface area contributed by atoms with E-state index < -0.39 is 5.97 Å². The number of methoxy groups -OCH3 is 1. The molecule has 0 bridgehead atoms. The van der Waals surface area contributed by atoms with E-state index >= 15 is 0 Å². The van der Waals surface area contributed by atoms with Gasteiger partial charge in [-0.2, -0.15) is 0 Å². The molecular weight excluding hydrogens is 384 g/mol. The van der Waals surface area contributed by atoms with Crippen molar-refractivity contribution in [2.75, 3.05) is 26.9 Å². The Morgan fingerprint density at radius 1 is 1.00 bits per heavy atom. The summed E-state index contributed by atoms with van der Waals surface area (Å²) in [5, 5.41) is 9.22. The van der Waals surface area contributed by atoms with E-state index in [0.717, 1.165) is 12.2 Å². The molecule has 0 aliphatic heterocycles. The summed E-state index contributed by atoms with van der Waals surface area (Å²) < 4.78 is 22.1. The van der Waals surface area contributed by atoms with Gasteiger partial charge in [-0.3, -0.25) is 0 Å². The molecule has 0 fully saturated rings. The molecule has 6 heteroatoms. The summed E-state index contributed by atoms with van der Waals surface area (Å²) in [6.45, 7) is 7.24. The van der Waals surface area contributed by atoms with Gasteiger partial charge in [0.25, 0.3) is 0 Å². The van der Waals surface area contributed by atoms with Gasteiger partial charge in [-0.25, -0.2) is 4.79 Å². The van der Waals surface area contributed by atoms with Crippen molar-refractivity contribution in [2.24, 2.45) is 0 Å². The van der Waals surface area contributed by atoms with Crippen molar-refractivity contribution in [1.82, 2.24) is 0 Å². The molecular formula is C24H30O6. The van der Waals surface area contributed by atoms with Crippen LogP contribution in [-0.4, -0.2) is 38.0 Å². The predicted molar refractivity (Wildman–Crippen MR) is 116 cm³/mol. The monoisotopic (exact) mass is 414 g/mol. The fourth-order valence-corrected chi connectivity index (χ4v) is 3.01. The van der Waals surface area contributed by atoms with Gasteiger partial charge >= 0.3 is 5.97 Å². The summed E-state index contributed by atoms with van der Waals surface area (Å²) >= 11 is 0. The minimum atomic E-state index is -1.11. The molecule has 1 N–H and O–H groups in total. The first-order chi connectivity index (χ1) is 14.5. The van der Waals surface area contributed by atoms with Crippen LogP contribution in [0.2, 0.25) is 0 Å². The maximum atomic E-state index is 11.3. The lowest BCUT2D eigenvalue weighted by molar-refractivity contribution is -0.136. The van der Waals surface area contributed by atoms with Gasteiger partial charge in [0.2, 0.25) is 5.76 Å². The second-order valence-electron chi connectivity index (χ2n) is 6.58. The Morgan fingerprint density at radius 2 is 1.73 bits per heavy atom. The minimum Gasteiger partial charge on any atom is -0.494 e. The minimum absolute atomic E-state index is 0.116. The Kier molecular flexibility index (Phi) is 9.06. The molecule has 2 rings (SSSR count). The van der Waals surface area contributed by atoms with E-state index in [1.54, 1.807) is 32.2 Å². The molecule has 2 aromatic carbocycles. The van der Waals surface area contributed by atoms with E-state index in [1.165, 1.54) is 11.6 Å². The standard InChI is InChI=1S/C24H30O6/c1-5-18(19-9-11-20(12-10-19)28-6-2)16-30-21-13-8-17(14-22(21)27-4)15-23(24(25)26)29-7-3/h8-15,18H,5-7,16H2,1-4H3,(H,25,26)/b23-15-. The summed E-state index contributed by atoms with van der Waals surface area (Å²) in [6, 6.07) is 13.4. The Bertz CT molecular complexity index is 841. The van der Waals surface area contributed by atoms with Crippen LogP contribution in [0, 0.1) is 0 Å². The normalized spacial score (nSPS) is 12.2. The molecule has 0 aliphatic carbocycles. The van der Waals surface area contributed by atoms with Crippen molar-refractivity contribution in [3.63, 3.8) is 0 Å². The summed E-state index contributed by atoms with van der Waals surface area (Å²) in [5.41, 5.74) is 1.84. The highest BCUT2D eigenvalue weighted by molar-refractivity contribution is 5.90. The molecule has 6 nitrogen and oxygen atoms in total.